The van der Waals surface area contributed by atoms with Gasteiger partial charge >= 0.3 is 189 Å². The Kier molecular flexibility index (Phi) is 4.93. The standard InChI is InChI=1S/C21H21ClIN6O/c1-10(28-20-17(18(22)24)19(25)26-9-27-20)15-7-11-3-2-4-13(14-8-23-14)16(11)21(30)29(15)12-5-6-12/h2-4,7,9-10,12,14,24H,5-6,8H2,1H3,(H3,25,26,27,28)/q-1/t10-,14?/m0/s1. The van der Waals surface area contributed by atoms with E-state index >= 15 is 0 Å². The zero-order chi connectivity index (χ0) is 21.0. The number of rotatable bonds is 6. The van der Waals surface area contributed by atoms with Crippen LogP contribution in [0.2, 0.25) is 0 Å². The molecule has 1 saturated heterocycles. The number of nitrogens with zero attached hydrogens (tertiary/aromatic N) is 3. The summed E-state index contributed by atoms with van der Waals surface area (Å²) in [5.41, 5.74) is 8.42. The molecular weight excluding hydrogens is 515 g/mol. The maximum absolute atomic E-state index is 13.6. The monoisotopic (exact) mass is 535 g/mol. The fraction of sp³-hybridized carbons (Fsp3) is 0.333. The molecule has 2 fully saturated rings. The molecule has 3 aromatic rings. The summed E-state index contributed by atoms with van der Waals surface area (Å²) in [6, 6.07) is 8.33. The van der Waals surface area contributed by atoms with Gasteiger partial charge in [-0.25, -0.2) is 0 Å². The number of nitrogen functional groups attached to an aromatic ring is 1. The van der Waals surface area contributed by atoms with Crippen LogP contribution in [0.5, 0.6) is 0 Å². The molecule has 2 aromatic heterocycles. The van der Waals surface area contributed by atoms with Crippen molar-refractivity contribution in [3.63, 3.8) is 0 Å². The third-order valence-electron chi connectivity index (χ3n) is 5.59. The second-order valence-corrected chi connectivity index (χ2v) is 11.4. The fourth-order valence-corrected chi connectivity index (χ4v) is 5.85. The van der Waals surface area contributed by atoms with Gasteiger partial charge in [0.05, 0.1) is 0 Å². The Bertz CT molecular complexity index is 1230. The van der Waals surface area contributed by atoms with Gasteiger partial charge in [0, 0.05) is 0 Å². The molecule has 1 aromatic carbocycles. The average Bonchev–Trinajstić information content (AvgIpc) is 3.61. The Morgan fingerprint density at radius 3 is 2.83 bits per heavy atom. The van der Waals surface area contributed by atoms with Crippen LogP contribution in [0.4, 0.5) is 11.6 Å². The number of pyridine rings is 1. The van der Waals surface area contributed by atoms with Crippen LogP contribution in [0.15, 0.2) is 35.4 Å². The van der Waals surface area contributed by atoms with Crippen LogP contribution in [0, 0.1) is 5.41 Å². The van der Waals surface area contributed by atoms with Gasteiger partial charge in [0.15, 0.2) is 0 Å². The van der Waals surface area contributed by atoms with Crippen LogP contribution in [0.1, 0.15) is 52.6 Å². The number of nitrogens with two attached hydrogens (primary N) is 1. The summed E-state index contributed by atoms with van der Waals surface area (Å²) >= 11 is 6.13. The molecule has 4 N–H and O–H groups in total. The summed E-state index contributed by atoms with van der Waals surface area (Å²) in [6.07, 6.45) is 3.37. The van der Waals surface area contributed by atoms with Crippen molar-refractivity contribution in [1.29, 1.82) is 5.41 Å². The molecule has 30 heavy (non-hydrogen) atoms. The van der Waals surface area contributed by atoms with Gasteiger partial charge in [-0.15, -0.1) is 0 Å². The van der Waals surface area contributed by atoms with Gasteiger partial charge in [0.25, 0.3) is 0 Å². The molecule has 2 atom stereocenters. The van der Waals surface area contributed by atoms with Gasteiger partial charge in [-0.2, -0.15) is 0 Å². The van der Waals surface area contributed by atoms with Crippen LogP contribution in [-0.2, 0) is 0 Å². The second-order valence-electron chi connectivity index (χ2n) is 7.73. The number of hydrogen-bond donors (Lipinski definition) is 3. The van der Waals surface area contributed by atoms with E-state index in [1.165, 1.54) is 16.3 Å². The average molecular weight is 536 g/mol. The molecule has 1 saturated carbocycles. The van der Waals surface area contributed by atoms with Crippen LogP contribution in [-0.4, -0.2) is 24.1 Å². The molecule has 9 heteroatoms. The normalized spacial score (nSPS) is 19.2. The van der Waals surface area contributed by atoms with Crippen molar-refractivity contribution in [2.75, 3.05) is 15.5 Å². The van der Waals surface area contributed by atoms with E-state index in [2.05, 4.69) is 33.5 Å². The minimum absolute atomic E-state index is 0.109. The molecule has 5 rings (SSSR count). The topological polar surface area (TPSA) is 110 Å². The molecule has 1 aliphatic carbocycles. The van der Waals surface area contributed by atoms with E-state index in [0.717, 1.165) is 29.3 Å². The van der Waals surface area contributed by atoms with E-state index in [0.29, 0.717) is 9.74 Å². The van der Waals surface area contributed by atoms with E-state index < -0.39 is 0 Å². The molecule has 2 aliphatic rings. The molecule has 1 unspecified atom stereocenters. The Morgan fingerprint density at radius 2 is 2.17 bits per heavy atom. The number of anilines is 2. The fourth-order valence-electron chi connectivity index (χ4n) is 3.94. The molecular formula is C21H21ClIN6O-. The molecule has 3 heterocycles. The number of nitrogens with one attached hydrogen (secondary N) is 2. The van der Waals surface area contributed by atoms with Crippen LogP contribution in [0.3, 0.4) is 0 Å². The van der Waals surface area contributed by atoms with E-state index in [-0.39, 0.29) is 55.4 Å². The van der Waals surface area contributed by atoms with Crippen molar-refractivity contribution < 1.29 is 21.2 Å². The Balaban J connectivity index is 1.63. The summed E-state index contributed by atoms with van der Waals surface area (Å²) in [6.45, 7) is 1.98. The summed E-state index contributed by atoms with van der Waals surface area (Å²) < 4.78 is 3.85. The second kappa shape index (κ2) is 7.49. The quantitative estimate of drug-likeness (QED) is 0.243. The summed E-state index contributed by atoms with van der Waals surface area (Å²) in [5, 5.41) is 12.8. The first-order chi connectivity index (χ1) is 14.5. The number of benzene rings is 1. The van der Waals surface area contributed by atoms with E-state index in [9.17, 15) is 4.79 Å². The Labute approximate surface area is 188 Å². The Hall–Kier alpha value is -2.20. The Morgan fingerprint density at radius 1 is 1.40 bits per heavy atom. The predicted molar refractivity (Wildman–Crippen MR) is 115 cm³/mol. The number of hydrogen-bond acceptors (Lipinski definition) is 6. The van der Waals surface area contributed by atoms with Crippen molar-refractivity contribution in [2.45, 2.75) is 35.8 Å². The van der Waals surface area contributed by atoms with Gasteiger partial charge in [0.2, 0.25) is 0 Å². The van der Waals surface area contributed by atoms with E-state index in [1.807, 2.05) is 17.6 Å². The van der Waals surface area contributed by atoms with Crippen molar-refractivity contribution >= 4 is 39.2 Å². The van der Waals surface area contributed by atoms with Gasteiger partial charge in [-0.1, -0.05) is 0 Å². The van der Waals surface area contributed by atoms with Gasteiger partial charge in [-0.3, -0.25) is 0 Å². The van der Waals surface area contributed by atoms with Crippen LogP contribution < -0.4 is 37.8 Å². The molecule has 1 aliphatic heterocycles. The first-order valence-electron chi connectivity index (χ1n) is 9.83. The maximum atomic E-state index is 13.6. The minimum atomic E-state index is -0.233. The first kappa shape index (κ1) is 19.7. The van der Waals surface area contributed by atoms with E-state index in [1.54, 1.807) is 0 Å². The first-order valence-corrected chi connectivity index (χ1v) is 13.0. The van der Waals surface area contributed by atoms with E-state index in [4.69, 9.17) is 22.7 Å². The van der Waals surface area contributed by atoms with Gasteiger partial charge in [0.1, 0.15) is 0 Å². The van der Waals surface area contributed by atoms with Crippen molar-refractivity contribution in [2.24, 2.45) is 0 Å². The number of fused-ring (bicyclic) bond motifs is 1. The van der Waals surface area contributed by atoms with Crippen molar-refractivity contribution in [3.05, 3.63) is 57.8 Å². The number of halogens is 2. The molecule has 7 nitrogen and oxygen atoms in total. The summed E-state index contributed by atoms with van der Waals surface area (Å²) in [4.78, 5) is 21.8. The molecule has 0 amide bonds. The predicted octanol–water partition coefficient (Wildman–Crippen LogP) is 0.590. The van der Waals surface area contributed by atoms with Gasteiger partial charge in [-0.05, 0) is 0 Å². The SMILES string of the molecule is C[C@H](Nc1ncnc(N)c1C(=N)Cl)c1cc2cccc(C3C[I-]3)c2c(=O)n1C1CC1. The number of alkyl halides is 2. The molecule has 0 radical (unpaired) electrons. The zero-order valence-electron chi connectivity index (χ0n) is 16.3. The molecule has 0 spiro atoms. The van der Waals surface area contributed by atoms with Crippen LogP contribution >= 0.6 is 11.6 Å². The summed E-state index contributed by atoms with van der Waals surface area (Å²) in [7, 11) is 0. The zero-order valence-corrected chi connectivity index (χ0v) is 19.2. The third kappa shape index (κ3) is 3.45. The number of aromatic nitrogens is 3. The third-order valence-corrected chi connectivity index (χ3v) is 8.22. The summed E-state index contributed by atoms with van der Waals surface area (Å²) in [5.74, 6) is 0.538. The van der Waals surface area contributed by atoms with Crippen molar-refractivity contribution in [3.8, 4) is 0 Å². The van der Waals surface area contributed by atoms with Gasteiger partial charge < -0.3 is 0 Å². The molecule has 156 valence electrons. The van der Waals surface area contributed by atoms with Crippen molar-refractivity contribution in [1.82, 2.24) is 14.5 Å². The van der Waals surface area contributed by atoms with Crippen LogP contribution in [0.25, 0.3) is 10.8 Å². The molecule has 0 bridgehead atoms.